The van der Waals surface area contributed by atoms with Gasteiger partial charge < -0.3 is 10.5 Å². The Morgan fingerprint density at radius 3 is 2.00 bits per heavy atom. The monoisotopic (exact) mass is 244 g/mol. The lowest BCUT2D eigenvalue weighted by Crippen LogP contribution is -2.52. The summed E-state index contributed by atoms with van der Waals surface area (Å²) in [6.07, 6.45) is 2.24. The standard InChI is InChI=1S/C14H32N2O/c1-7-9-16(14(6,8-2)12-15)10-11-17-13(3,4)5/h7-12,15H2,1-6H3. The average Bonchev–Trinajstić information content (AvgIpc) is 2.25. The third kappa shape index (κ3) is 6.39. The Balaban J connectivity index is 4.33. The van der Waals surface area contributed by atoms with Gasteiger partial charge in [-0.05, 0) is 47.1 Å². The van der Waals surface area contributed by atoms with E-state index in [2.05, 4.69) is 46.4 Å². The molecule has 0 spiro atoms. The van der Waals surface area contributed by atoms with Crippen LogP contribution in [0.3, 0.4) is 0 Å². The number of hydrogen-bond donors (Lipinski definition) is 1. The lowest BCUT2D eigenvalue weighted by atomic mass is 9.96. The fraction of sp³-hybridized carbons (Fsp3) is 1.00. The second kappa shape index (κ2) is 7.34. The van der Waals surface area contributed by atoms with E-state index in [0.29, 0.717) is 6.54 Å². The highest BCUT2D eigenvalue weighted by molar-refractivity contribution is 4.86. The molecule has 0 fully saturated rings. The van der Waals surface area contributed by atoms with Crippen LogP contribution in [0.5, 0.6) is 0 Å². The number of nitrogens with two attached hydrogens (primary N) is 1. The molecule has 0 heterocycles. The summed E-state index contributed by atoms with van der Waals surface area (Å²) in [6, 6.07) is 0. The Labute approximate surface area is 108 Å². The van der Waals surface area contributed by atoms with E-state index in [1.165, 1.54) is 0 Å². The molecular formula is C14H32N2O. The number of hydrogen-bond acceptors (Lipinski definition) is 3. The summed E-state index contributed by atoms with van der Waals surface area (Å²) in [7, 11) is 0. The van der Waals surface area contributed by atoms with Gasteiger partial charge in [-0.3, -0.25) is 4.90 Å². The molecule has 0 rings (SSSR count). The van der Waals surface area contributed by atoms with E-state index in [-0.39, 0.29) is 11.1 Å². The third-order valence-electron chi connectivity index (χ3n) is 3.35. The molecule has 104 valence electrons. The van der Waals surface area contributed by atoms with Crippen molar-refractivity contribution < 1.29 is 4.74 Å². The SMILES string of the molecule is CCCN(CCOC(C)(C)C)C(C)(CC)CN. The lowest BCUT2D eigenvalue weighted by Gasteiger charge is -2.40. The highest BCUT2D eigenvalue weighted by Crippen LogP contribution is 2.18. The van der Waals surface area contributed by atoms with Crippen LogP contribution < -0.4 is 5.73 Å². The van der Waals surface area contributed by atoms with E-state index in [4.69, 9.17) is 10.5 Å². The van der Waals surface area contributed by atoms with Crippen molar-refractivity contribution in [2.24, 2.45) is 5.73 Å². The van der Waals surface area contributed by atoms with Crippen molar-refractivity contribution in [3.63, 3.8) is 0 Å². The van der Waals surface area contributed by atoms with E-state index < -0.39 is 0 Å². The molecule has 2 N–H and O–H groups in total. The van der Waals surface area contributed by atoms with Crippen molar-refractivity contribution in [3.8, 4) is 0 Å². The molecule has 0 radical (unpaired) electrons. The highest BCUT2D eigenvalue weighted by atomic mass is 16.5. The predicted molar refractivity (Wildman–Crippen MR) is 75.3 cm³/mol. The van der Waals surface area contributed by atoms with Gasteiger partial charge in [0.05, 0.1) is 12.2 Å². The Morgan fingerprint density at radius 1 is 1.06 bits per heavy atom. The summed E-state index contributed by atoms with van der Waals surface area (Å²) in [4.78, 5) is 2.47. The molecule has 0 aromatic carbocycles. The number of ether oxygens (including phenoxy) is 1. The van der Waals surface area contributed by atoms with Gasteiger partial charge in [-0.15, -0.1) is 0 Å². The zero-order valence-corrected chi connectivity index (χ0v) is 12.7. The minimum Gasteiger partial charge on any atom is -0.375 e. The Hall–Kier alpha value is -0.120. The fourth-order valence-corrected chi connectivity index (χ4v) is 1.88. The molecule has 0 aliphatic rings. The minimum atomic E-state index is -0.0524. The maximum Gasteiger partial charge on any atom is 0.0600 e. The summed E-state index contributed by atoms with van der Waals surface area (Å²) >= 11 is 0. The first-order valence-corrected chi connectivity index (χ1v) is 6.88. The molecule has 0 aliphatic heterocycles. The van der Waals surface area contributed by atoms with Crippen LogP contribution in [0.25, 0.3) is 0 Å². The van der Waals surface area contributed by atoms with E-state index in [0.717, 1.165) is 32.5 Å². The van der Waals surface area contributed by atoms with Crippen LogP contribution in [0.1, 0.15) is 54.4 Å². The molecule has 17 heavy (non-hydrogen) atoms. The van der Waals surface area contributed by atoms with Crippen molar-refractivity contribution in [2.45, 2.75) is 65.5 Å². The van der Waals surface area contributed by atoms with E-state index >= 15 is 0 Å². The van der Waals surface area contributed by atoms with Crippen molar-refractivity contribution in [1.82, 2.24) is 4.90 Å². The summed E-state index contributed by atoms with van der Waals surface area (Å²) in [5, 5.41) is 0. The van der Waals surface area contributed by atoms with Gasteiger partial charge in [-0.2, -0.15) is 0 Å². The van der Waals surface area contributed by atoms with E-state index in [1.54, 1.807) is 0 Å². The van der Waals surface area contributed by atoms with Crippen LogP contribution in [-0.4, -0.2) is 42.3 Å². The van der Waals surface area contributed by atoms with Gasteiger partial charge in [0, 0.05) is 18.6 Å². The van der Waals surface area contributed by atoms with Crippen LogP contribution >= 0.6 is 0 Å². The largest absolute Gasteiger partial charge is 0.375 e. The third-order valence-corrected chi connectivity index (χ3v) is 3.35. The quantitative estimate of drug-likeness (QED) is 0.713. The maximum atomic E-state index is 5.92. The summed E-state index contributed by atoms with van der Waals surface area (Å²) in [5.74, 6) is 0. The molecule has 1 unspecified atom stereocenters. The number of rotatable bonds is 8. The van der Waals surface area contributed by atoms with E-state index in [1.807, 2.05) is 0 Å². The molecule has 0 aromatic rings. The highest BCUT2D eigenvalue weighted by Gasteiger charge is 2.27. The van der Waals surface area contributed by atoms with Crippen molar-refractivity contribution in [2.75, 3.05) is 26.2 Å². The summed E-state index contributed by atoms with van der Waals surface area (Å²) in [5.41, 5.74) is 5.98. The first kappa shape index (κ1) is 16.9. The molecular weight excluding hydrogens is 212 g/mol. The molecule has 0 aliphatic carbocycles. The smallest absolute Gasteiger partial charge is 0.0600 e. The van der Waals surface area contributed by atoms with Crippen LogP contribution in [0.4, 0.5) is 0 Å². The zero-order chi connectivity index (χ0) is 13.5. The Morgan fingerprint density at radius 2 is 1.65 bits per heavy atom. The number of nitrogens with zero attached hydrogens (tertiary/aromatic N) is 1. The summed E-state index contributed by atoms with van der Waals surface area (Å²) < 4.78 is 5.81. The van der Waals surface area contributed by atoms with Gasteiger partial charge in [0.2, 0.25) is 0 Å². The van der Waals surface area contributed by atoms with Crippen molar-refractivity contribution >= 4 is 0 Å². The lowest BCUT2D eigenvalue weighted by molar-refractivity contribution is -0.0269. The van der Waals surface area contributed by atoms with E-state index in [9.17, 15) is 0 Å². The predicted octanol–water partition coefficient (Wildman–Crippen LogP) is 2.64. The molecule has 0 bridgehead atoms. The molecule has 0 saturated carbocycles. The van der Waals surface area contributed by atoms with Gasteiger partial charge in [0.25, 0.3) is 0 Å². The Bertz CT molecular complexity index is 195. The first-order valence-electron chi connectivity index (χ1n) is 6.88. The second-order valence-corrected chi connectivity index (χ2v) is 6.00. The normalized spacial score (nSPS) is 16.2. The second-order valence-electron chi connectivity index (χ2n) is 6.00. The average molecular weight is 244 g/mol. The maximum absolute atomic E-state index is 5.92. The van der Waals surface area contributed by atoms with Gasteiger partial charge in [-0.25, -0.2) is 0 Å². The van der Waals surface area contributed by atoms with Gasteiger partial charge in [0.15, 0.2) is 0 Å². The molecule has 0 amide bonds. The van der Waals surface area contributed by atoms with Gasteiger partial charge in [-0.1, -0.05) is 13.8 Å². The van der Waals surface area contributed by atoms with Crippen molar-refractivity contribution in [1.29, 1.82) is 0 Å². The minimum absolute atomic E-state index is 0.0524. The topological polar surface area (TPSA) is 38.5 Å². The fourth-order valence-electron chi connectivity index (χ4n) is 1.88. The van der Waals surface area contributed by atoms with Crippen LogP contribution in [0.15, 0.2) is 0 Å². The molecule has 3 heteroatoms. The van der Waals surface area contributed by atoms with Gasteiger partial charge in [0.1, 0.15) is 0 Å². The molecule has 1 atom stereocenters. The van der Waals surface area contributed by atoms with Crippen LogP contribution in [0.2, 0.25) is 0 Å². The van der Waals surface area contributed by atoms with Crippen molar-refractivity contribution in [3.05, 3.63) is 0 Å². The van der Waals surface area contributed by atoms with Crippen LogP contribution in [-0.2, 0) is 4.74 Å². The molecule has 0 saturated heterocycles. The summed E-state index contributed by atoms with van der Waals surface area (Å²) in [6.45, 7) is 16.5. The van der Waals surface area contributed by atoms with Gasteiger partial charge >= 0.3 is 0 Å². The van der Waals surface area contributed by atoms with Crippen LogP contribution in [0, 0.1) is 0 Å². The molecule has 3 nitrogen and oxygen atoms in total. The first-order chi connectivity index (χ1) is 7.79. The zero-order valence-electron chi connectivity index (χ0n) is 12.7. The Kier molecular flexibility index (Phi) is 7.29. The molecule has 0 aromatic heterocycles.